The number of fused-ring (bicyclic) bond motifs is 2. The molecule has 4 heteroatoms. The highest BCUT2D eigenvalue weighted by atomic mass is 16.6. The topological polar surface area (TPSA) is 48.6 Å². The van der Waals surface area contributed by atoms with E-state index in [4.69, 9.17) is 10.1 Å². The van der Waals surface area contributed by atoms with Crippen LogP contribution in [0, 0.1) is 17.2 Å². The number of nitriles is 1. The number of hydrogen-bond acceptors (Lipinski definition) is 4. The van der Waals surface area contributed by atoms with E-state index in [0.717, 1.165) is 18.8 Å². The zero-order valence-corrected chi connectivity index (χ0v) is 6.86. The maximum atomic E-state index is 8.22. The monoisotopic (exact) mass is 165 g/mol. The van der Waals surface area contributed by atoms with Crippen LogP contribution in [-0.2, 0) is 4.84 Å². The third-order valence-electron chi connectivity index (χ3n) is 2.44. The molecule has 2 bridgehead atoms. The minimum absolute atomic E-state index is 0.0657. The zero-order chi connectivity index (χ0) is 8.39. The second-order valence-electron chi connectivity index (χ2n) is 3.23. The van der Waals surface area contributed by atoms with Crippen LogP contribution in [0.4, 0.5) is 0 Å². The van der Waals surface area contributed by atoms with Gasteiger partial charge in [-0.3, -0.25) is 4.90 Å². The molecule has 2 rings (SSSR count). The van der Waals surface area contributed by atoms with Gasteiger partial charge in [0.1, 0.15) is 6.07 Å². The van der Waals surface area contributed by atoms with Gasteiger partial charge in [0.25, 0.3) is 0 Å². The van der Waals surface area contributed by atoms with Gasteiger partial charge in [-0.2, -0.15) is 5.26 Å². The first-order valence-electron chi connectivity index (χ1n) is 4.18. The van der Waals surface area contributed by atoms with Crippen LogP contribution in [0.1, 0.15) is 6.42 Å². The Morgan fingerprint density at radius 1 is 1.75 bits per heavy atom. The van der Waals surface area contributed by atoms with E-state index in [1.807, 2.05) is 6.07 Å². The third kappa shape index (κ3) is 1.28. The molecule has 0 radical (unpaired) electrons. The average molecular weight is 165 g/mol. The van der Waals surface area contributed by atoms with Gasteiger partial charge in [0.05, 0.1) is 5.71 Å². The van der Waals surface area contributed by atoms with Gasteiger partial charge in [-0.15, -0.1) is 0 Å². The minimum Gasteiger partial charge on any atom is -0.380 e. The molecular formula is C8H11N3O. The van der Waals surface area contributed by atoms with E-state index < -0.39 is 0 Å². The van der Waals surface area contributed by atoms with E-state index >= 15 is 0 Å². The predicted molar refractivity (Wildman–Crippen MR) is 43.5 cm³/mol. The van der Waals surface area contributed by atoms with E-state index in [2.05, 4.69) is 10.1 Å². The smallest absolute Gasteiger partial charge is 0.202 e. The largest absolute Gasteiger partial charge is 0.380 e. The van der Waals surface area contributed by atoms with Gasteiger partial charge >= 0.3 is 0 Å². The third-order valence-corrected chi connectivity index (χ3v) is 2.44. The summed E-state index contributed by atoms with van der Waals surface area (Å²) in [5.41, 5.74) is 1.12. The molecule has 4 nitrogen and oxygen atoms in total. The van der Waals surface area contributed by atoms with Crippen molar-refractivity contribution in [3.8, 4) is 6.07 Å². The molecule has 2 atom stereocenters. The predicted octanol–water partition coefficient (Wildman–Crippen LogP) is 0.218. The molecule has 2 fully saturated rings. The second-order valence-corrected chi connectivity index (χ2v) is 3.23. The molecule has 0 aromatic rings. The van der Waals surface area contributed by atoms with Crippen LogP contribution in [0.25, 0.3) is 0 Å². The Morgan fingerprint density at radius 3 is 3.25 bits per heavy atom. The zero-order valence-electron chi connectivity index (χ0n) is 6.86. The number of piperidine rings is 1. The first-order valence-corrected chi connectivity index (χ1v) is 4.18. The van der Waals surface area contributed by atoms with E-state index in [1.165, 1.54) is 13.0 Å². The van der Waals surface area contributed by atoms with Gasteiger partial charge in [-0.1, -0.05) is 5.16 Å². The Bertz CT molecular complexity index is 243. The normalized spacial score (nSPS) is 35.4. The Labute approximate surface area is 71.4 Å². The standard InChI is InChI=1S/C8H11N3O/c9-2-4-12-10-8-6-11-3-1-7(8)5-11/h7H,1,3-6H2/b10-8+/t7-/m0/s1. The maximum Gasteiger partial charge on any atom is 0.202 e. The Hall–Kier alpha value is -1.08. The van der Waals surface area contributed by atoms with E-state index in [-0.39, 0.29) is 6.61 Å². The van der Waals surface area contributed by atoms with Crippen molar-refractivity contribution in [1.29, 1.82) is 5.26 Å². The van der Waals surface area contributed by atoms with Crippen LogP contribution in [0.15, 0.2) is 5.16 Å². The molecule has 0 amide bonds. The SMILES string of the molecule is N#CCO/N=C1\CN2CC[C@H]1C2. The molecule has 2 aliphatic heterocycles. The lowest BCUT2D eigenvalue weighted by molar-refractivity contribution is 0.176. The first-order chi connectivity index (χ1) is 5.90. The van der Waals surface area contributed by atoms with Crippen LogP contribution < -0.4 is 0 Å². The lowest BCUT2D eigenvalue weighted by atomic mass is 10.0. The van der Waals surface area contributed by atoms with E-state index in [9.17, 15) is 0 Å². The molecule has 0 aromatic heterocycles. The summed E-state index contributed by atoms with van der Waals surface area (Å²) in [6.07, 6.45) is 1.20. The molecule has 0 aromatic carbocycles. The van der Waals surface area contributed by atoms with Gasteiger partial charge < -0.3 is 4.84 Å². The molecule has 2 saturated heterocycles. The number of rotatable bonds is 2. The number of hydrogen-bond donors (Lipinski definition) is 0. The highest BCUT2D eigenvalue weighted by molar-refractivity contribution is 5.91. The van der Waals surface area contributed by atoms with Crippen LogP contribution in [0.2, 0.25) is 0 Å². The molecule has 0 spiro atoms. The summed E-state index contributed by atoms with van der Waals surface area (Å²) in [5.74, 6) is 0.601. The molecule has 0 saturated carbocycles. The number of oxime groups is 1. The Kier molecular flexibility index (Phi) is 1.96. The highest BCUT2D eigenvalue weighted by Crippen LogP contribution is 2.25. The molecular weight excluding hydrogens is 154 g/mol. The van der Waals surface area contributed by atoms with E-state index in [1.54, 1.807) is 0 Å². The Balaban J connectivity index is 1.90. The van der Waals surface area contributed by atoms with Crippen molar-refractivity contribution in [1.82, 2.24) is 4.90 Å². The van der Waals surface area contributed by atoms with Crippen molar-refractivity contribution >= 4 is 5.71 Å². The lowest BCUT2D eigenvalue weighted by Gasteiger charge is -2.12. The summed E-state index contributed by atoms with van der Waals surface area (Å²) in [6, 6.07) is 1.89. The maximum absolute atomic E-state index is 8.22. The fourth-order valence-electron chi connectivity index (χ4n) is 1.85. The first kappa shape index (κ1) is 7.56. The van der Waals surface area contributed by atoms with Crippen molar-refractivity contribution in [2.75, 3.05) is 26.2 Å². The van der Waals surface area contributed by atoms with Crippen molar-refractivity contribution in [3.63, 3.8) is 0 Å². The molecule has 12 heavy (non-hydrogen) atoms. The van der Waals surface area contributed by atoms with Crippen molar-refractivity contribution in [3.05, 3.63) is 0 Å². The summed E-state index contributed by atoms with van der Waals surface area (Å²) in [5, 5.41) is 12.2. The van der Waals surface area contributed by atoms with Gasteiger partial charge in [-0.25, -0.2) is 0 Å². The molecule has 0 aliphatic carbocycles. The fraction of sp³-hybridized carbons (Fsp3) is 0.750. The van der Waals surface area contributed by atoms with Crippen LogP contribution in [0.3, 0.4) is 0 Å². The fourth-order valence-corrected chi connectivity index (χ4v) is 1.85. The highest BCUT2D eigenvalue weighted by Gasteiger charge is 2.35. The van der Waals surface area contributed by atoms with Gasteiger partial charge in [0.15, 0.2) is 0 Å². The molecule has 64 valence electrons. The quantitative estimate of drug-likeness (QED) is 0.434. The summed E-state index contributed by atoms with van der Waals surface area (Å²) in [7, 11) is 0. The van der Waals surface area contributed by atoms with Crippen molar-refractivity contribution in [2.24, 2.45) is 11.1 Å². The van der Waals surface area contributed by atoms with Crippen LogP contribution >= 0.6 is 0 Å². The molecule has 2 heterocycles. The lowest BCUT2D eigenvalue weighted by Crippen LogP contribution is -2.23. The van der Waals surface area contributed by atoms with Crippen LogP contribution in [-0.4, -0.2) is 36.9 Å². The summed E-state index contributed by atoms with van der Waals surface area (Å²) < 4.78 is 0. The number of nitrogens with zero attached hydrogens (tertiary/aromatic N) is 3. The second kappa shape index (κ2) is 3.11. The molecule has 1 unspecified atom stereocenters. The van der Waals surface area contributed by atoms with Crippen molar-refractivity contribution in [2.45, 2.75) is 6.42 Å². The molecule has 0 N–H and O–H groups in total. The Morgan fingerprint density at radius 2 is 2.67 bits per heavy atom. The minimum atomic E-state index is 0.0657. The summed E-state index contributed by atoms with van der Waals surface area (Å²) in [4.78, 5) is 7.18. The average Bonchev–Trinajstić information content (AvgIpc) is 2.65. The van der Waals surface area contributed by atoms with E-state index in [0.29, 0.717) is 5.92 Å². The van der Waals surface area contributed by atoms with Gasteiger partial charge in [0, 0.05) is 19.0 Å². The molecule has 2 aliphatic rings. The summed E-state index contributed by atoms with van der Waals surface area (Å²) >= 11 is 0. The van der Waals surface area contributed by atoms with Gasteiger partial charge in [-0.05, 0) is 13.0 Å². The van der Waals surface area contributed by atoms with Crippen molar-refractivity contribution < 1.29 is 4.84 Å². The van der Waals surface area contributed by atoms with Gasteiger partial charge in [0.2, 0.25) is 6.61 Å². The summed E-state index contributed by atoms with van der Waals surface area (Å²) in [6.45, 7) is 3.34. The van der Waals surface area contributed by atoms with Crippen LogP contribution in [0.5, 0.6) is 0 Å².